The maximum atomic E-state index is 7.99. The van der Waals surface area contributed by atoms with Gasteiger partial charge in [0, 0.05) is 34.5 Å². The summed E-state index contributed by atoms with van der Waals surface area (Å²) in [5.74, 6) is 0.279. The van der Waals surface area contributed by atoms with Crippen LogP contribution in [0.25, 0.3) is 6.08 Å². The van der Waals surface area contributed by atoms with E-state index in [0.29, 0.717) is 10.0 Å². The monoisotopic (exact) mass is 361 g/mol. The van der Waals surface area contributed by atoms with Crippen molar-refractivity contribution in [2.24, 2.45) is 0 Å². The maximum absolute atomic E-state index is 7.99. The number of benzene rings is 2. The molecule has 0 bridgehead atoms. The summed E-state index contributed by atoms with van der Waals surface area (Å²) in [6.07, 6.45) is 3.52. The zero-order valence-corrected chi connectivity index (χ0v) is 15.3. The molecule has 0 fully saturated rings. The fourth-order valence-corrected chi connectivity index (χ4v) is 2.70. The molecule has 0 aliphatic rings. The van der Waals surface area contributed by atoms with Crippen LogP contribution >= 0.6 is 23.2 Å². The molecule has 126 valence electrons. The fourth-order valence-electron chi connectivity index (χ4n) is 2.34. The summed E-state index contributed by atoms with van der Waals surface area (Å²) in [6, 6.07) is 13.2. The van der Waals surface area contributed by atoms with Gasteiger partial charge in [-0.2, -0.15) is 0 Å². The standard InChI is InChI=1S/C19H21Cl2N3/c1-3-24(4-2)17-11-5-14(18(21)13-17)6-12-19(22)23-16-9-7-15(20)8-10-16/h5-13H,3-4H2,1-2H3,(H2,22,23)/b12-6+. The SMILES string of the molecule is CCN(CC)c1ccc(/C=C/C(=N)Nc2ccc(Cl)cc2)c(Cl)c1. The molecular weight excluding hydrogens is 341 g/mol. The maximum Gasteiger partial charge on any atom is 0.122 e. The lowest BCUT2D eigenvalue weighted by atomic mass is 10.1. The Morgan fingerprint density at radius 2 is 1.75 bits per heavy atom. The third kappa shape index (κ3) is 5.02. The third-order valence-electron chi connectivity index (χ3n) is 3.67. The zero-order chi connectivity index (χ0) is 17.5. The van der Waals surface area contributed by atoms with Gasteiger partial charge in [0.05, 0.1) is 0 Å². The number of anilines is 2. The second-order valence-electron chi connectivity index (χ2n) is 5.26. The minimum absolute atomic E-state index is 0.279. The van der Waals surface area contributed by atoms with E-state index in [4.69, 9.17) is 28.6 Å². The number of hydrogen-bond acceptors (Lipinski definition) is 2. The minimum Gasteiger partial charge on any atom is -0.372 e. The highest BCUT2D eigenvalue weighted by atomic mass is 35.5. The van der Waals surface area contributed by atoms with Gasteiger partial charge in [0.25, 0.3) is 0 Å². The number of rotatable bonds is 6. The topological polar surface area (TPSA) is 39.1 Å². The predicted molar refractivity (Wildman–Crippen MR) is 107 cm³/mol. The van der Waals surface area contributed by atoms with Crippen LogP contribution < -0.4 is 10.2 Å². The van der Waals surface area contributed by atoms with Crippen molar-refractivity contribution in [3.63, 3.8) is 0 Å². The molecule has 0 aliphatic heterocycles. The van der Waals surface area contributed by atoms with Gasteiger partial charge in [0.15, 0.2) is 0 Å². The number of nitrogens with one attached hydrogen (secondary N) is 2. The Bertz CT molecular complexity index is 720. The highest BCUT2D eigenvalue weighted by Crippen LogP contribution is 2.24. The second kappa shape index (κ2) is 8.76. The molecule has 5 heteroatoms. The lowest BCUT2D eigenvalue weighted by Gasteiger charge is -2.21. The Morgan fingerprint density at radius 3 is 2.33 bits per heavy atom. The summed E-state index contributed by atoms with van der Waals surface area (Å²) < 4.78 is 0. The van der Waals surface area contributed by atoms with E-state index in [1.807, 2.05) is 30.3 Å². The summed E-state index contributed by atoms with van der Waals surface area (Å²) in [4.78, 5) is 2.24. The van der Waals surface area contributed by atoms with Crippen LogP contribution in [0.15, 0.2) is 48.5 Å². The molecule has 2 N–H and O–H groups in total. The molecule has 0 unspecified atom stereocenters. The van der Waals surface area contributed by atoms with Crippen molar-refractivity contribution in [3.8, 4) is 0 Å². The molecule has 2 aromatic carbocycles. The van der Waals surface area contributed by atoms with E-state index in [9.17, 15) is 0 Å². The van der Waals surface area contributed by atoms with E-state index in [1.54, 1.807) is 18.2 Å². The molecule has 0 saturated heterocycles. The normalized spacial score (nSPS) is 10.8. The van der Waals surface area contributed by atoms with Crippen LogP contribution in [0.3, 0.4) is 0 Å². The summed E-state index contributed by atoms with van der Waals surface area (Å²) in [6.45, 7) is 6.12. The lowest BCUT2D eigenvalue weighted by Crippen LogP contribution is -2.21. The average Bonchev–Trinajstić information content (AvgIpc) is 2.57. The Labute approximate surface area is 153 Å². The molecule has 0 spiro atoms. The highest BCUT2D eigenvalue weighted by molar-refractivity contribution is 6.32. The number of nitrogens with zero attached hydrogens (tertiary/aromatic N) is 1. The van der Waals surface area contributed by atoms with E-state index in [2.05, 4.69) is 30.1 Å². The fraction of sp³-hybridized carbons (Fsp3) is 0.211. The third-order valence-corrected chi connectivity index (χ3v) is 4.24. The van der Waals surface area contributed by atoms with Crippen LogP contribution in [-0.2, 0) is 0 Å². The van der Waals surface area contributed by atoms with Gasteiger partial charge in [0.2, 0.25) is 0 Å². The molecule has 0 radical (unpaired) electrons. The van der Waals surface area contributed by atoms with Crippen LogP contribution in [0, 0.1) is 5.41 Å². The first-order valence-corrected chi connectivity index (χ1v) is 8.62. The number of halogens is 2. The average molecular weight is 362 g/mol. The van der Waals surface area contributed by atoms with Gasteiger partial charge in [-0.1, -0.05) is 29.3 Å². The summed E-state index contributed by atoms with van der Waals surface area (Å²) in [5.41, 5.74) is 2.81. The molecule has 24 heavy (non-hydrogen) atoms. The van der Waals surface area contributed by atoms with Crippen molar-refractivity contribution >= 4 is 46.5 Å². The Balaban J connectivity index is 2.05. The molecule has 0 heterocycles. The van der Waals surface area contributed by atoms with Crippen LogP contribution in [0.5, 0.6) is 0 Å². The van der Waals surface area contributed by atoms with Gasteiger partial charge >= 0.3 is 0 Å². The summed E-state index contributed by atoms with van der Waals surface area (Å²) >= 11 is 12.2. The van der Waals surface area contributed by atoms with Crippen LogP contribution in [0.1, 0.15) is 19.4 Å². The van der Waals surface area contributed by atoms with Crippen LogP contribution in [0.2, 0.25) is 10.0 Å². The molecule has 0 aromatic heterocycles. The van der Waals surface area contributed by atoms with Crippen LogP contribution in [0.4, 0.5) is 11.4 Å². The molecule has 0 aliphatic carbocycles. The molecule has 3 nitrogen and oxygen atoms in total. The van der Waals surface area contributed by atoms with Gasteiger partial charge in [-0.05, 0) is 68.0 Å². The quantitative estimate of drug-likeness (QED) is 0.493. The first-order chi connectivity index (χ1) is 11.5. The van der Waals surface area contributed by atoms with Crippen molar-refractivity contribution in [2.75, 3.05) is 23.3 Å². The van der Waals surface area contributed by atoms with E-state index >= 15 is 0 Å². The smallest absolute Gasteiger partial charge is 0.122 e. The molecule has 2 rings (SSSR count). The second-order valence-corrected chi connectivity index (χ2v) is 6.10. The Kier molecular flexibility index (Phi) is 6.71. The van der Waals surface area contributed by atoms with Gasteiger partial charge in [0.1, 0.15) is 5.84 Å². The molecule has 0 amide bonds. The molecule has 0 saturated carbocycles. The van der Waals surface area contributed by atoms with Crippen molar-refractivity contribution in [3.05, 3.63) is 64.1 Å². The van der Waals surface area contributed by atoms with Crippen molar-refractivity contribution in [1.29, 1.82) is 5.41 Å². The van der Waals surface area contributed by atoms with E-state index in [0.717, 1.165) is 30.0 Å². The predicted octanol–water partition coefficient (Wildman–Crippen LogP) is 5.94. The Morgan fingerprint density at radius 1 is 1.08 bits per heavy atom. The zero-order valence-electron chi connectivity index (χ0n) is 13.8. The first kappa shape index (κ1) is 18.4. The Hall–Kier alpha value is -1.97. The van der Waals surface area contributed by atoms with Gasteiger partial charge in [-0.25, -0.2) is 0 Å². The lowest BCUT2D eigenvalue weighted by molar-refractivity contribution is 0.866. The van der Waals surface area contributed by atoms with Crippen LogP contribution in [-0.4, -0.2) is 18.9 Å². The van der Waals surface area contributed by atoms with Crippen molar-refractivity contribution in [1.82, 2.24) is 0 Å². The first-order valence-electron chi connectivity index (χ1n) is 7.87. The van der Waals surface area contributed by atoms with Crippen molar-refractivity contribution < 1.29 is 0 Å². The molecular formula is C19H21Cl2N3. The number of hydrogen-bond donors (Lipinski definition) is 2. The van der Waals surface area contributed by atoms with E-state index < -0.39 is 0 Å². The van der Waals surface area contributed by atoms with Gasteiger partial charge in [-0.15, -0.1) is 0 Å². The van der Waals surface area contributed by atoms with E-state index in [-0.39, 0.29) is 5.84 Å². The van der Waals surface area contributed by atoms with E-state index in [1.165, 1.54) is 0 Å². The molecule has 2 aromatic rings. The minimum atomic E-state index is 0.279. The number of amidine groups is 1. The van der Waals surface area contributed by atoms with Gasteiger partial charge < -0.3 is 10.2 Å². The molecule has 0 atom stereocenters. The summed E-state index contributed by atoms with van der Waals surface area (Å²) in [7, 11) is 0. The highest BCUT2D eigenvalue weighted by Gasteiger charge is 2.05. The summed E-state index contributed by atoms with van der Waals surface area (Å²) in [5, 5.41) is 12.3. The largest absolute Gasteiger partial charge is 0.372 e. The van der Waals surface area contributed by atoms with Crippen molar-refractivity contribution in [2.45, 2.75) is 13.8 Å². The van der Waals surface area contributed by atoms with Gasteiger partial charge in [-0.3, -0.25) is 5.41 Å².